The zero-order valence-electron chi connectivity index (χ0n) is 12.0. The number of thiazole rings is 1. The molecule has 0 spiro atoms. The highest BCUT2D eigenvalue weighted by atomic mass is 32.1. The monoisotopic (exact) mass is 298 g/mol. The number of aryl methyl sites for hydroxylation is 1. The van der Waals surface area contributed by atoms with Crippen molar-refractivity contribution in [2.24, 2.45) is 0 Å². The lowest BCUT2D eigenvalue weighted by atomic mass is 9.99. The number of aromatic amines is 1. The maximum atomic E-state index is 4.72. The van der Waals surface area contributed by atoms with Gasteiger partial charge in [0.2, 0.25) is 5.95 Å². The van der Waals surface area contributed by atoms with E-state index >= 15 is 0 Å². The number of rotatable bonds is 2. The molecule has 3 heterocycles. The molecule has 1 saturated heterocycles. The van der Waals surface area contributed by atoms with Gasteiger partial charge in [-0.2, -0.15) is 0 Å². The van der Waals surface area contributed by atoms with Crippen molar-refractivity contribution in [3.05, 3.63) is 40.3 Å². The normalized spacial score (nSPS) is 19.3. The van der Waals surface area contributed by atoms with Gasteiger partial charge in [-0.3, -0.25) is 0 Å². The van der Waals surface area contributed by atoms with E-state index in [4.69, 9.17) is 4.98 Å². The van der Waals surface area contributed by atoms with Crippen LogP contribution in [0.25, 0.3) is 11.0 Å². The summed E-state index contributed by atoms with van der Waals surface area (Å²) < 4.78 is 0. The highest BCUT2D eigenvalue weighted by Crippen LogP contribution is 2.31. The maximum absolute atomic E-state index is 4.72. The molecule has 1 aliphatic heterocycles. The average Bonchev–Trinajstić information content (AvgIpc) is 3.13. The third-order valence-electron chi connectivity index (χ3n) is 4.08. The first-order valence-electron chi connectivity index (χ1n) is 7.41. The molecule has 1 unspecified atom stereocenters. The van der Waals surface area contributed by atoms with E-state index in [0.717, 1.165) is 35.8 Å². The molecular weight excluding hydrogens is 280 g/mol. The average molecular weight is 298 g/mol. The predicted molar refractivity (Wildman–Crippen MR) is 87.1 cm³/mol. The molecular formula is C16H18N4S. The second-order valence-corrected chi connectivity index (χ2v) is 6.58. The van der Waals surface area contributed by atoms with Crippen LogP contribution in [0.2, 0.25) is 0 Å². The van der Waals surface area contributed by atoms with E-state index in [1.165, 1.54) is 17.8 Å². The number of imidazole rings is 1. The zero-order valence-corrected chi connectivity index (χ0v) is 12.9. The topological polar surface area (TPSA) is 44.8 Å². The molecule has 1 atom stereocenters. The number of H-pyrrole nitrogens is 1. The summed E-state index contributed by atoms with van der Waals surface area (Å²) in [5.41, 5.74) is 3.29. The number of nitrogens with zero attached hydrogens (tertiary/aromatic N) is 3. The molecule has 0 saturated carbocycles. The van der Waals surface area contributed by atoms with Crippen molar-refractivity contribution in [3.8, 4) is 0 Å². The highest BCUT2D eigenvalue weighted by Gasteiger charge is 2.25. The molecule has 0 amide bonds. The molecule has 4 rings (SSSR count). The van der Waals surface area contributed by atoms with Crippen LogP contribution in [0.3, 0.4) is 0 Å². The molecule has 0 radical (unpaired) electrons. The van der Waals surface area contributed by atoms with Crippen LogP contribution in [0.1, 0.15) is 29.5 Å². The minimum absolute atomic E-state index is 0.533. The van der Waals surface area contributed by atoms with Gasteiger partial charge in [-0.25, -0.2) is 9.97 Å². The van der Waals surface area contributed by atoms with Crippen LogP contribution in [0, 0.1) is 6.92 Å². The third-order valence-corrected chi connectivity index (χ3v) is 5.21. The second kappa shape index (κ2) is 5.15. The third kappa shape index (κ3) is 2.42. The quantitative estimate of drug-likeness (QED) is 0.784. The Morgan fingerprint density at radius 2 is 2.19 bits per heavy atom. The summed E-state index contributed by atoms with van der Waals surface area (Å²) in [5.74, 6) is 1.53. The van der Waals surface area contributed by atoms with Crippen LogP contribution in [-0.2, 0) is 0 Å². The van der Waals surface area contributed by atoms with E-state index in [9.17, 15) is 0 Å². The van der Waals surface area contributed by atoms with Crippen molar-refractivity contribution in [1.29, 1.82) is 0 Å². The Morgan fingerprint density at radius 3 is 3.00 bits per heavy atom. The molecule has 5 heteroatoms. The first-order valence-corrected chi connectivity index (χ1v) is 8.29. The number of para-hydroxylation sites is 2. The predicted octanol–water partition coefficient (Wildman–Crippen LogP) is 3.71. The van der Waals surface area contributed by atoms with Crippen molar-refractivity contribution in [2.45, 2.75) is 25.7 Å². The van der Waals surface area contributed by atoms with Crippen LogP contribution in [-0.4, -0.2) is 28.0 Å². The Kier molecular flexibility index (Phi) is 3.15. The highest BCUT2D eigenvalue weighted by molar-refractivity contribution is 7.09. The van der Waals surface area contributed by atoms with E-state index in [1.807, 2.05) is 12.1 Å². The molecule has 3 aromatic rings. The van der Waals surface area contributed by atoms with Crippen LogP contribution in [0.4, 0.5) is 5.95 Å². The number of fused-ring (bicyclic) bond motifs is 1. The van der Waals surface area contributed by atoms with E-state index in [-0.39, 0.29) is 0 Å². The summed E-state index contributed by atoms with van der Waals surface area (Å²) in [4.78, 5) is 15.2. The van der Waals surface area contributed by atoms with Crippen molar-refractivity contribution >= 4 is 28.3 Å². The van der Waals surface area contributed by atoms with Gasteiger partial charge in [0.25, 0.3) is 0 Å². The number of hydrogen-bond acceptors (Lipinski definition) is 4. The van der Waals surface area contributed by atoms with Gasteiger partial charge in [0, 0.05) is 30.1 Å². The summed E-state index contributed by atoms with van der Waals surface area (Å²) in [6.45, 7) is 4.15. The van der Waals surface area contributed by atoms with Gasteiger partial charge in [-0.05, 0) is 31.9 Å². The Morgan fingerprint density at radius 1 is 1.29 bits per heavy atom. The van der Waals surface area contributed by atoms with Crippen LogP contribution < -0.4 is 4.90 Å². The molecule has 0 bridgehead atoms. The van der Waals surface area contributed by atoms with Crippen molar-refractivity contribution in [1.82, 2.24) is 15.0 Å². The Hall–Kier alpha value is -1.88. The number of anilines is 1. The van der Waals surface area contributed by atoms with Crippen LogP contribution >= 0.6 is 11.3 Å². The summed E-state index contributed by atoms with van der Waals surface area (Å²) in [7, 11) is 0. The Balaban J connectivity index is 1.60. The van der Waals surface area contributed by atoms with Gasteiger partial charge >= 0.3 is 0 Å². The van der Waals surface area contributed by atoms with Gasteiger partial charge in [0.05, 0.1) is 16.0 Å². The van der Waals surface area contributed by atoms with E-state index in [2.05, 4.69) is 39.3 Å². The van der Waals surface area contributed by atoms with E-state index in [0.29, 0.717) is 5.92 Å². The first kappa shape index (κ1) is 12.8. The molecule has 1 N–H and O–H groups in total. The molecule has 4 nitrogen and oxygen atoms in total. The first-order chi connectivity index (χ1) is 10.3. The molecule has 108 valence electrons. The number of hydrogen-bond donors (Lipinski definition) is 1. The summed E-state index contributed by atoms with van der Waals surface area (Å²) in [6.07, 6.45) is 2.42. The van der Waals surface area contributed by atoms with Crippen molar-refractivity contribution < 1.29 is 0 Å². The lowest BCUT2D eigenvalue weighted by molar-refractivity contribution is 0.503. The van der Waals surface area contributed by atoms with Gasteiger partial charge in [0.15, 0.2) is 0 Å². The second-order valence-electron chi connectivity index (χ2n) is 5.69. The molecule has 2 aromatic heterocycles. The molecule has 1 aliphatic rings. The lowest BCUT2D eigenvalue weighted by Gasteiger charge is -2.31. The molecule has 21 heavy (non-hydrogen) atoms. The fourth-order valence-electron chi connectivity index (χ4n) is 3.02. The van der Waals surface area contributed by atoms with Crippen LogP contribution in [0.15, 0.2) is 29.6 Å². The Labute approximate surface area is 127 Å². The number of piperidine rings is 1. The van der Waals surface area contributed by atoms with E-state index in [1.54, 1.807) is 11.3 Å². The Bertz CT molecular complexity index is 727. The van der Waals surface area contributed by atoms with Crippen molar-refractivity contribution in [3.63, 3.8) is 0 Å². The fraction of sp³-hybridized carbons (Fsp3) is 0.375. The number of benzene rings is 1. The van der Waals surface area contributed by atoms with Gasteiger partial charge in [0.1, 0.15) is 0 Å². The molecule has 0 aliphatic carbocycles. The van der Waals surface area contributed by atoms with Gasteiger partial charge < -0.3 is 9.88 Å². The summed E-state index contributed by atoms with van der Waals surface area (Å²) >= 11 is 1.79. The van der Waals surface area contributed by atoms with Crippen LogP contribution in [0.5, 0.6) is 0 Å². The number of aromatic nitrogens is 3. The maximum Gasteiger partial charge on any atom is 0.203 e. The minimum atomic E-state index is 0.533. The van der Waals surface area contributed by atoms with Crippen molar-refractivity contribution in [2.75, 3.05) is 18.0 Å². The van der Waals surface area contributed by atoms with Gasteiger partial charge in [-0.15, -0.1) is 11.3 Å². The lowest BCUT2D eigenvalue weighted by Crippen LogP contribution is -2.35. The molecule has 1 fully saturated rings. The summed E-state index contributed by atoms with van der Waals surface area (Å²) in [5, 5.41) is 3.42. The zero-order chi connectivity index (χ0) is 14.2. The standard InChI is InChI=1S/C16H18N4S/c1-11-10-21-15(17-11)12-5-4-8-20(9-12)16-18-13-6-2-3-7-14(13)19-16/h2-3,6-7,10,12H,4-5,8-9H2,1H3,(H,18,19). The minimum Gasteiger partial charge on any atom is -0.342 e. The number of nitrogens with one attached hydrogen (secondary N) is 1. The van der Waals surface area contributed by atoms with Gasteiger partial charge in [-0.1, -0.05) is 12.1 Å². The largest absolute Gasteiger partial charge is 0.342 e. The SMILES string of the molecule is Cc1csc(C2CCCN(c3nc4ccccc4[nH]3)C2)n1. The molecule has 1 aromatic carbocycles. The summed E-state index contributed by atoms with van der Waals surface area (Å²) in [6, 6.07) is 8.21. The van der Waals surface area contributed by atoms with E-state index < -0.39 is 0 Å². The smallest absolute Gasteiger partial charge is 0.203 e. The fourth-order valence-corrected chi connectivity index (χ4v) is 3.95.